The second-order valence-corrected chi connectivity index (χ2v) is 4.39. The van der Waals surface area contributed by atoms with Gasteiger partial charge in [0.2, 0.25) is 0 Å². The average Bonchev–Trinajstić information content (AvgIpc) is 2.22. The Hall–Kier alpha value is -0.820. The highest BCUT2D eigenvalue weighted by Crippen LogP contribution is 2.23. The first-order valence-corrected chi connectivity index (χ1v) is 6.07. The van der Waals surface area contributed by atoms with Crippen LogP contribution in [-0.2, 0) is 0 Å². The van der Waals surface area contributed by atoms with E-state index in [0.29, 0.717) is 0 Å². The van der Waals surface area contributed by atoms with E-state index in [1.165, 1.54) is 21.2 Å². The number of allylic oxidation sites excluding steroid dienone is 4. The highest BCUT2D eigenvalue weighted by atomic mass is 79.9. The minimum atomic E-state index is 1.06. The molecule has 0 aliphatic carbocycles. The second kappa shape index (κ2) is 5.92. The fourth-order valence-electron chi connectivity index (χ4n) is 1.51. The van der Waals surface area contributed by atoms with Crippen LogP contribution < -0.4 is 0 Å². The van der Waals surface area contributed by atoms with Gasteiger partial charge < -0.3 is 0 Å². The molecule has 1 aromatic rings. The number of aryl methyl sites for hydroxylation is 1. The number of hydrogen-bond donors (Lipinski definition) is 0. The summed E-state index contributed by atoms with van der Waals surface area (Å²) in [6, 6.07) is 6.47. The Labute approximate surface area is 101 Å². The predicted molar refractivity (Wildman–Crippen MR) is 72.0 cm³/mol. The molecule has 0 unspecified atom stereocenters. The summed E-state index contributed by atoms with van der Waals surface area (Å²) in [4.78, 5) is 0. The van der Waals surface area contributed by atoms with E-state index in [9.17, 15) is 0 Å². The molecule has 0 bridgehead atoms. The van der Waals surface area contributed by atoms with Crippen molar-refractivity contribution in [3.8, 4) is 0 Å². The van der Waals surface area contributed by atoms with Crippen molar-refractivity contribution in [3.05, 3.63) is 52.0 Å². The molecule has 0 nitrogen and oxygen atoms in total. The van der Waals surface area contributed by atoms with E-state index in [1.807, 2.05) is 0 Å². The summed E-state index contributed by atoms with van der Waals surface area (Å²) >= 11 is 3.52. The van der Waals surface area contributed by atoms with E-state index in [0.717, 1.165) is 6.42 Å². The molecule has 0 spiro atoms. The van der Waals surface area contributed by atoms with Gasteiger partial charge in [-0.1, -0.05) is 53.2 Å². The highest BCUT2D eigenvalue weighted by Gasteiger charge is 2.00. The SMILES string of the molecule is CC=CC(=CCC)c1ccc(Br)c(C)c1. The van der Waals surface area contributed by atoms with Crippen molar-refractivity contribution in [1.82, 2.24) is 0 Å². The molecule has 0 N–H and O–H groups in total. The van der Waals surface area contributed by atoms with Gasteiger partial charge in [-0.15, -0.1) is 0 Å². The maximum Gasteiger partial charge on any atom is 0.0204 e. The monoisotopic (exact) mass is 264 g/mol. The van der Waals surface area contributed by atoms with Crippen LogP contribution in [0.15, 0.2) is 40.9 Å². The predicted octanol–water partition coefficient (Wildman–Crippen LogP) is 5.13. The summed E-state index contributed by atoms with van der Waals surface area (Å²) in [6.45, 7) is 6.33. The van der Waals surface area contributed by atoms with Crippen LogP contribution in [0.4, 0.5) is 0 Å². The van der Waals surface area contributed by atoms with Gasteiger partial charge in [-0.25, -0.2) is 0 Å². The topological polar surface area (TPSA) is 0 Å². The van der Waals surface area contributed by atoms with Gasteiger partial charge in [-0.2, -0.15) is 0 Å². The van der Waals surface area contributed by atoms with Crippen molar-refractivity contribution in [1.29, 1.82) is 0 Å². The Morgan fingerprint density at radius 2 is 2.13 bits per heavy atom. The first-order chi connectivity index (χ1) is 7.19. The van der Waals surface area contributed by atoms with Gasteiger partial charge in [-0.3, -0.25) is 0 Å². The minimum Gasteiger partial charge on any atom is -0.0871 e. The van der Waals surface area contributed by atoms with Crippen molar-refractivity contribution in [3.63, 3.8) is 0 Å². The summed E-state index contributed by atoms with van der Waals surface area (Å²) in [6.07, 6.45) is 7.56. The standard InChI is InChI=1S/C14H17Br/c1-4-6-12(7-5-2)13-8-9-14(15)11(3)10-13/h4,6-10H,5H2,1-3H3. The van der Waals surface area contributed by atoms with Crippen molar-refractivity contribution in [2.24, 2.45) is 0 Å². The molecule has 0 radical (unpaired) electrons. The van der Waals surface area contributed by atoms with Crippen LogP contribution in [0.1, 0.15) is 31.4 Å². The lowest BCUT2D eigenvalue weighted by molar-refractivity contribution is 1.23. The first kappa shape index (κ1) is 12.3. The average molecular weight is 265 g/mol. The van der Waals surface area contributed by atoms with Gasteiger partial charge in [0, 0.05) is 4.47 Å². The maximum absolute atomic E-state index is 3.52. The Bertz CT molecular complexity index is 386. The van der Waals surface area contributed by atoms with Crippen LogP contribution in [-0.4, -0.2) is 0 Å². The van der Waals surface area contributed by atoms with Gasteiger partial charge in [0.05, 0.1) is 0 Å². The van der Waals surface area contributed by atoms with Gasteiger partial charge in [0.1, 0.15) is 0 Å². The Balaban J connectivity index is 3.12. The first-order valence-electron chi connectivity index (χ1n) is 5.28. The molecule has 0 heterocycles. The smallest absolute Gasteiger partial charge is 0.0204 e. The van der Waals surface area contributed by atoms with E-state index < -0.39 is 0 Å². The lowest BCUT2D eigenvalue weighted by Gasteiger charge is -2.05. The fraction of sp³-hybridized carbons (Fsp3) is 0.286. The molecule has 0 fully saturated rings. The lowest BCUT2D eigenvalue weighted by atomic mass is 10.0. The van der Waals surface area contributed by atoms with E-state index in [2.05, 4.69) is 73.1 Å². The molecule has 0 aliphatic heterocycles. The third-order valence-electron chi connectivity index (χ3n) is 2.26. The zero-order valence-corrected chi connectivity index (χ0v) is 11.1. The summed E-state index contributed by atoms with van der Waals surface area (Å²) in [5.74, 6) is 0. The minimum absolute atomic E-state index is 1.06. The molecule has 15 heavy (non-hydrogen) atoms. The summed E-state index contributed by atoms with van der Waals surface area (Å²) in [5.41, 5.74) is 3.87. The summed E-state index contributed by atoms with van der Waals surface area (Å²) < 4.78 is 1.17. The van der Waals surface area contributed by atoms with Gasteiger partial charge in [-0.05, 0) is 43.0 Å². The third kappa shape index (κ3) is 3.35. The van der Waals surface area contributed by atoms with Crippen molar-refractivity contribution >= 4 is 21.5 Å². The number of halogens is 1. The quantitative estimate of drug-likeness (QED) is 0.665. The highest BCUT2D eigenvalue weighted by molar-refractivity contribution is 9.10. The number of benzene rings is 1. The van der Waals surface area contributed by atoms with Gasteiger partial charge >= 0.3 is 0 Å². The third-order valence-corrected chi connectivity index (χ3v) is 3.15. The van der Waals surface area contributed by atoms with Crippen LogP contribution in [0, 0.1) is 6.92 Å². The van der Waals surface area contributed by atoms with Crippen LogP contribution in [0.5, 0.6) is 0 Å². The van der Waals surface area contributed by atoms with Crippen LogP contribution in [0.3, 0.4) is 0 Å². The zero-order chi connectivity index (χ0) is 11.3. The maximum atomic E-state index is 3.52. The zero-order valence-electron chi connectivity index (χ0n) is 9.55. The van der Waals surface area contributed by atoms with Crippen molar-refractivity contribution in [2.75, 3.05) is 0 Å². The van der Waals surface area contributed by atoms with Crippen LogP contribution >= 0.6 is 15.9 Å². The van der Waals surface area contributed by atoms with E-state index >= 15 is 0 Å². The number of rotatable bonds is 3. The molecule has 1 heteroatoms. The van der Waals surface area contributed by atoms with E-state index in [-0.39, 0.29) is 0 Å². The Morgan fingerprint density at radius 3 is 2.67 bits per heavy atom. The molecular weight excluding hydrogens is 248 g/mol. The van der Waals surface area contributed by atoms with Gasteiger partial charge in [0.15, 0.2) is 0 Å². The fourth-order valence-corrected chi connectivity index (χ4v) is 1.75. The van der Waals surface area contributed by atoms with E-state index in [1.54, 1.807) is 0 Å². The van der Waals surface area contributed by atoms with Gasteiger partial charge in [0.25, 0.3) is 0 Å². The van der Waals surface area contributed by atoms with Crippen molar-refractivity contribution in [2.45, 2.75) is 27.2 Å². The molecule has 1 aromatic carbocycles. The summed E-state index contributed by atoms with van der Waals surface area (Å²) in [7, 11) is 0. The molecule has 0 amide bonds. The van der Waals surface area contributed by atoms with E-state index in [4.69, 9.17) is 0 Å². The second-order valence-electron chi connectivity index (χ2n) is 3.53. The molecular formula is C14H17Br. The molecule has 0 saturated heterocycles. The molecule has 0 aromatic heterocycles. The Kier molecular flexibility index (Phi) is 4.83. The molecule has 1 rings (SSSR count). The normalized spacial score (nSPS) is 12.4. The van der Waals surface area contributed by atoms with Crippen molar-refractivity contribution < 1.29 is 0 Å². The number of hydrogen-bond acceptors (Lipinski definition) is 0. The molecule has 0 atom stereocenters. The molecule has 0 aliphatic rings. The molecule has 0 saturated carbocycles. The Morgan fingerprint density at radius 1 is 1.40 bits per heavy atom. The summed E-state index contributed by atoms with van der Waals surface area (Å²) in [5, 5.41) is 0. The van der Waals surface area contributed by atoms with Crippen LogP contribution in [0.25, 0.3) is 5.57 Å². The molecule has 80 valence electrons. The van der Waals surface area contributed by atoms with Crippen LogP contribution in [0.2, 0.25) is 0 Å². The lowest BCUT2D eigenvalue weighted by Crippen LogP contribution is -1.84. The largest absolute Gasteiger partial charge is 0.0871 e.